The van der Waals surface area contributed by atoms with Crippen molar-refractivity contribution in [3.05, 3.63) is 52.1 Å². The number of aryl methyl sites for hydroxylation is 1. The third kappa shape index (κ3) is 3.91. The van der Waals surface area contributed by atoms with Crippen molar-refractivity contribution in [2.75, 3.05) is 5.32 Å². The van der Waals surface area contributed by atoms with Crippen molar-refractivity contribution in [3.63, 3.8) is 0 Å². The Morgan fingerprint density at radius 1 is 1.30 bits per heavy atom. The van der Waals surface area contributed by atoms with Crippen LogP contribution in [0.2, 0.25) is 5.02 Å². The Balaban J connectivity index is 1.72. The summed E-state index contributed by atoms with van der Waals surface area (Å²) in [5.41, 5.74) is 1.47. The first-order valence-corrected chi connectivity index (χ1v) is 8.21. The summed E-state index contributed by atoms with van der Waals surface area (Å²) in [6, 6.07) is 9.31. The number of aromatic nitrogens is 3. The third-order valence-corrected chi connectivity index (χ3v) is 4.30. The summed E-state index contributed by atoms with van der Waals surface area (Å²) in [7, 11) is 0. The van der Waals surface area contributed by atoms with Gasteiger partial charge in [0, 0.05) is 16.5 Å². The van der Waals surface area contributed by atoms with Crippen LogP contribution in [0.25, 0.3) is 17.0 Å². The highest BCUT2D eigenvalue weighted by atomic mass is 35.5. The van der Waals surface area contributed by atoms with Crippen LogP contribution in [0.15, 0.2) is 36.4 Å². The smallest absolute Gasteiger partial charge is 0.250 e. The van der Waals surface area contributed by atoms with Crippen LogP contribution in [-0.2, 0) is 11.2 Å². The molecule has 0 aliphatic carbocycles. The van der Waals surface area contributed by atoms with Gasteiger partial charge in [-0.3, -0.25) is 10.1 Å². The molecule has 1 amide bonds. The molecule has 0 aliphatic rings. The van der Waals surface area contributed by atoms with E-state index in [1.807, 2.05) is 31.2 Å². The number of anilines is 1. The zero-order valence-electron chi connectivity index (χ0n) is 12.3. The number of carbonyl (C=O) groups excluding carboxylic acids is 1. The predicted molar refractivity (Wildman–Crippen MR) is 93.7 cm³/mol. The largest absolute Gasteiger partial charge is 0.297 e. The lowest BCUT2D eigenvalue weighted by Crippen LogP contribution is -2.07. The lowest BCUT2D eigenvalue weighted by Gasteiger charge is -2.00. The molecule has 116 valence electrons. The summed E-state index contributed by atoms with van der Waals surface area (Å²) < 4.78 is 0. The Labute approximate surface area is 142 Å². The lowest BCUT2D eigenvalue weighted by atomic mass is 10.2. The van der Waals surface area contributed by atoms with Gasteiger partial charge < -0.3 is 0 Å². The monoisotopic (exact) mass is 344 g/mol. The molecule has 1 N–H and O–H groups in total. The van der Waals surface area contributed by atoms with Crippen LogP contribution in [0.4, 0.5) is 5.13 Å². The molecule has 2 heterocycles. The molecule has 2 aromatic heterocycles. The van der Waals surface area contributed by atoms with Crippen molar-refractivity contribution in [2.24, 2.45) is 0 Å². The van der Waals surface area contributed by atoms with Crippen molar-refractivity contribution in [2.45, 2.75) is 13.3 Å². The van der Waals surface area contributed by atoms with Crippen LogP contribution in [-0.4, -0.2) is 21.1 Å². The molecule has 0 saturated heterocycles. The van der Waals surface area contributed by atoms with E-state index in [0.29, 0.717) is 15.8 Å². The van der Waals surface area contributed by atoms with Crippen LogP contribution in [0, 0.1) is 0 Å². The number of benzene rings is 1. The van der Waals surface area contributed by atoms with Gasteiger partial charge in [-0.1, -0.05) is 42.0 Å². The average molecular weight is 345 g/mol. The molecule has 5 nitrogen and oxygen atoms in total. The Kier molecular flexibility index (Phi) is 4.64. The summed E-state index contributed by atoms with van der Waals surface area (Å²) in [5.74, 6) is -0.267. The lowest BCUT2D eigenvalue weighted by molar-refractivity contribution is -0.111. The van der Waals surface area contributed by atoms with Gasteiger partial charge in [-0.15, -0.1) is 10.2 Å². The molecule has 3 rings (SSSR count). The maximum absolute atomic E-state index is 11.9. The van der Waals surface area contributed by atoms with E-state index in [0.717, 1.165) is 22.3 Å². The maximum Gasteiger partial charge on any atom is 0.250 e. The van der Waals surface area contributed by atoms with E-state index in [9.17, 15) is 4.79 Å². The molecular formula is C16H13ClN4OS. The van der Waals surface area contributed by atoms with Crippen molar-refractivity contribution in [1.29, 1.82) is 0 Å². The number of carbonyl (C=O) groups is 1. The Bertz CT molecular complexity index is 891. The predicted octanol–water partition coefficient (Wildman–Crippen LogP) is 3.95. The summed E-state index contributed by atoms with van der Waals surface area (Å²) in [6.45, 7) is 1.99. The van der Waals surface area contributed by atoms with Gasteiger partial charge in [0.1, 0.15) is 5.01 Å². The second-order valence-electron chi connectivity index (χ2n) is 4.75. The van der Waals surface area contributed by atoms with Crippen molar-refractivity contribution < 1.29 is 4.79 Å². The van der Waals surface area contributed by atoms with E-state index < -0.39 is 0 Å². The molecule has 0 saturated carbocycles. The van der Waals surface area contributed by atoms with Crippen molar-refractivity contribution >= 4 is 51.0 Å². The molecule has 7 heteroatoms. The van der Waals surface area contributed by atoms with Crippen LogP contribution in [0.3, 0.4) is 0 Å². The number of hydrogen-bond acceptors (Lipinski definition) is 5. The summed E-state index contributed by atoms with van der Waals surface area (Å²) in [5, 5.41) is 13.6. The average Bonchev–Trinajstić information content (AvgIpc) is 3.00. The highest BCUT2D eigenvalue weighted by Crippen LogP contribution is 2.18. The first-order chi connectivity index (χ1) is 11.1. The van der Waals surface area contributed by atoms with Crippen molar-refractivity contribution in [3.8, 4) is 0 Å². The number of halogens is 1. The van der Waals surface area contributed by atoms with Gasteiger partial charge in [0.25, 0.3) is 0 Å². The fraction of sp³-hybridized carbons (Fsp3) is 0.125. The number of nitrogens with one attached hydrogen (secondary N) is 1. The van der Waals surface area contributed by atoms with Crippen LogP contribution in [0.1, 0.15) is 17.6 Å². The van der Waals surface area contributed by atoms with Crippen LogP contribution in [0.5, 0.6) is 0 Å². The van der Waals surface area contributed by atoms with Gasteiger partial charge in [-0.05, 0) is 30.7 Å². The minimum Gasteiger partial charge on any atom is -0.297 e. The quantitative estimate of drug-likeness (QED) is 0.727. The highest BCUT2D eigenvalue weighted by molar-refractivity contribution is 7.15. The van der Waals surface area contributed by atoms with Gasteiger partial charge in [0.2, 0.25) is 11.0 Å². The number of amides is 1. The van der Waals surface area contributed by atoms with E-state index >= 15 is 0 Å². The molecule has 0 spiro atoms. The van der Waals surface area contributed by atoms with E-state index in [1.165, 1.54) is 17.4 Å². The Morgan fingerprint density at radius 2 is 2.13 bits per heavy atom. The Morgan fingerprint density at radius 3 is 2.91 bits per heavy atom. The number of nitrogens with zero attached hydrogens (tertiary/aromatic N) is 3. The number of pyridine rings is 1. The zero-order chi connectivity index (χ0) is 16.2. The number of rotatable bonds is 4. The fourth-order valence-corrected chi connectivity index (χ4v) is 2.80. The van der Waals surface area contributed by atoms with Gasteiger partial charge in [-0.25, -0.2) is 4.98 Å². The van der Waals surface area contributed by atoms with Gasteiger partial charge >= 0.3 is 0 Å². The minimum atomic E-state index is -0.267. The molecule has 0 bridgehead atoms. The molecule has 0 unspecified atom stereocenters. The van der Waals surface area contributed by atoms with E-state index in [-0.39, 0.29) is 5.91 Å². The molecular weight excluding hydrogens is 332 g/mol. The van der Waals surface area contributed by atoms with Crippen LogP contribution < -0.4 is 5.32 Å². The van der Waals surface area contributed by atoms with Gasteiger partial charge in [-0.2, -0.15) is 0 Å². The Hall–Kier alpha value is -2.31. The summed E-state index contributed by atoms with van der Waals surface area (Å²) in [6.07, 6.45) is 3.87. The normalized spacial score (nSPS) is 11.2. The van der Waals surface area contributed by atoms with Crippen LogP contribution >= 0.6 is 22.9 Å². The number of hydrogen-bond donors (Lipinski definition) is 1. The standard InChI is InChI=1S/C16H13ClN4OS/c1-2-15-20-21-16(23-15)19-14(22)8-7-12-6-4-10-3-5-11(17)9-13(10)18-12/h3-9H,2H2,1H3,(H,19,21,22)/b8-7+. The second kappa shape index (κ2) is 6.85. The third-order valence-electron chi connectivity index (χ3n) is 3.08. The molecule has 0 aliphatic heterocycles. The van der Waals surface area contributed by atoms with Crippen molar-refractivity contribution in [1.82, 2.24) is 15.2 Å². The molecule has 0 radical (unpaired) electrons. The molecule has 1 aromatic carbocycles. The van der Waals surface area contributed by atoms with E-state index in [1.54, 1.807) is 12.1 Å². The highest BCUT2D eigenvalue weighted by Gasteiger charge is 2.05. The first kappa shape index (κ1) is 15.6. The molecule has 0 fully saturated rings. The number of fused-ring (bicyclic) bond motifs is 1. The molecule has 3 aromatic rings. The topological polar surface area (TPSA) is 67.8 Å². The maximum atomic E-state index is 11.9. The van der Waals surface area contributed by atoms with E-state index in [4.69, 9.17) is 11.6 Å². The SMILES string of the molecule is CCc1nnc(NC(=O)/C=C/c2ccc3ccc(Cl)cc3n2)s1. The second-order valence-corrected chi connectivity index (χ2v) is 6.25. The van der Waals surface area contributed by atoms with Gasteiger partial charge in [0.15, 0.2) is 0 Å². The fourth-order valence-electron chi connectivity index (χ4n) is 1.95. The molecule has 0 atom stereocenters. The minimum absolute atomic E-state index is 0.267. The zero-order valence-corrected chi connectivity index (χ0v) is 13.9. The molecule has 23 heavy (non-hydrogen) atoms. The summed E-state index contributed by atoms with van der Waals surface area (Å²) in [4.78, 5) is 16.3. The van der Waals surface area contributed by atoms with Gasteiger partial charge in [0.05, 0.1) is 11.2 Å². The summed E-state index contributed by atoms with van der Waals surface area (Å²) >= 11 is 7.34. The first-order valence-electron chi connectivity index (χ1n) is 7.02. The van der Waals surface area contributed by atoms with E-state index in [2.05, 4.69) is 20.5 Å².